The SMILES string of the molecule is COC(=O)C/C=C1\c2ccccc2[C@@H](O)[C@@H]1C. The summed E-state index contributed by atoms with van der Waals surface area (Å²) in [5, 5.41) is 10.1. The zero-order chi connectivity index (χ0) is 12.4. The fourth-order valence-electron chi connectivity index (χ4n) is 2.27. The molecule has 0 fully saturated rings. The van der Waals surface area contributed by atoms with Crippen molar-refractivity contribution in [3.05, 3.63) is 41.5 Å². The summed E-state index contributed by atoms with van der Waals surface area (Å²) >= 11 is 0. The van der Waals surface area contributed by atoms with Crippen molar-refractivity contribution in [3.63, 3.8) is 0 Å². The third-order valence-electron chi connectivity index (χ3n) is 3.27. The smallest absolute Gasteiger partial charge is 0.309 e. The lowest BCUT2D eigenvalue weighted by atomic mass is 9.99. The monoisotopic (exact) mass is 232 g/mol. The van der Waals surface area contributed by atoms with E-state index >= 15 is 0 Å². The molecule has 0 bridgehead atoms. The fourth-order valence-corrected chi connectivity index (χ4v) is 2.27. The van der Waals surface area contributed by atoms with E-state index in [-0.39, 0.29) is 18.3 Å². The van der Waals surface area contributed by atoms with Crippen LogP contribution in [0.1, 0.15) is 30.6 Å². The number of ether oxygens (including phenoxy) is 1. The number of esters is 1. The molecule has 0 aromatic heterocycles. The van der Waals surface area contributed by atoms with Crippen molar-refractivity contribution < 1.29 is 14.6 Å². The molecule has 0 amide bonds. The van der Waals surface area contributed by atoms with Gasteiger partial charge in [0.15, 0.2) is 0 Å². The Kier molecular flexibility index (Phi) is 3.29. The van der Waals surface area contributed by atoms with Crippen LogP contribution in [-0.2, 0) is 9.53 Å². The van der Waals surface area contributed by atoms with Gasteiger partial charge in [0.1, 0.15) is 0 Å². The summed E-state index contributed by atoms with van der Waals surface area (Å²) in [6, 6.07) is 7.76. The lowest BCUT2D eigenvalue weighted by molar-refractivity contribution is -0.139. The van der Waals surface area contributed by atoms with Gasteiger partial charge in [-0.1, -0.05) is 37.3 Å². The van der Waals surface area contributed by atoms with E-state index in [2.05, 4.69) is 4.74 Å². The number of carbonyl (C=O) groups is 1. The first-order chi connectivity index (χ1) is 8.15. The second-order valence-corrected chi connectivity index (χ2v) is 4.26. The Bertz CT molecular complexity index is 462. The number of fused-ring (bicyclic) bond motifs is 1. The molecule has 0 aliphatic heterocycles. The van der Waals surface area contributed by atoms with Gasteiger partial charge in [0.25, 0.3) is 0 Å². The normalized spacial score (nSPS) is 24.8. The van der Waals surface area contributed by atoms with Crippen LogP contribution >= 0.6 is 0 Å². The van der Waals surface area contributed by atoms with Gasteiger partial charge >= 0.3 is 5.97 Å². The van der Waals surface area contributed by atoms with Crippen LogP contribution in [0.5, 0.6) is 0 Å². The van der Waals surface area contributed by atoms with Crippen molar-refractivity contribution in [1.82, 2.24) is 0 Å². The Labute approximate surface area is 101 Å². The molecule has 0 heterocycles. The van der Waals surface area contributed by atoms with Crippen LogP contribution in [0.3, 0.4) is 0 Å². The van der Waals surface area contributed by atoms with E-state index in [0.29, 0.717) is 0 Å². The van der Waals surface area contributed by atoms with Gasteiger partial charge in [-0.3, -0.25) is 4.79 Å². The molecular formula is C14H16O3. The third-order valence-corrected chi connectivity index (χ3v) is 3.27. The Hall–Kier alpha value is -1.61. The van der Waals surface area contributed by atoms with Crippen molar-refractivity contribution in [2.75, 3.05) is 7.11 Å². The highest BCUT2D eigenvalue weighted by Crippen LogP contribution is 2.44. The largest absolute Gasteiger partial charge is 0.469 e. The van der Waals surface area contributed by atoms with Gasteiger partial charge in [0.05, 0.1) is 19.6 Å². The molecular weight excluding hydrogens is 216 g/mol. The molecule has 0 spiro atoms. The van der Waals surface area contributed by atoms with Gasteiger partial charge in [-0.15, -0.1) is 0 Å². The number of hydrogen-bond acceptors (Lipinski definition) is 3. The van der Waals surface area contributed by atoms with Crippen molar-refractivity contribution in [2.45, 2.75) is 19.4 Å². The Morgan fingerprint density at radius 2 is 2.18 bits per heavy atom. The molecule has 0 unspecified atom stereocenters. The standard InChI is InChI=1S/C14H16O3/c1-9-10(7-8-13(15)17-2)11-5-3-4-6-12(11)14(9)16/h3-7,9,14,16H,8H2,1-2H3/b10-7-/t9-,14+/m1/s1. The van der Waals surface area contributed by atoms with E-state index in [1.165, 1.54) is 7.11 Å². The van der Waals surface area contributed by atoms with E-state index in [1.54, 1.807) is 0 Å². The molecule has 1 N–H and O–H groups in total. The first-order valence-corrected chi connectivity index (χ1v) is 5.69. The highest BCUT2D eigenvalue weighted by atomic mass is 16.5. The van der Waals surface area contributed by atoms with Crippen LogP contribution in [0.2, 0.25) is 0 Å². The maximum Gasteiger partial charge on any atom is 0.309 e. The zero-order valence-electron chi connectivity index (χ0n) is 10.0. The van der Waals surface area contributed by atoms with E-state index in [0.717, 1.165) is 16.7 Å². The van der Waals surface area contributed by atoms with Gasteiger partial charge < -0.3 is 9.84 Å². The first-order valence-electron chi connectivity index (χ1n) is 5.69. The molecule has 0 saturated carbocycles. The number of hydrogen-bond donors (Lipinski definition) is 1. The second kappa shape index (κ2) is 4.72. The minimum atomic E-state index is -0.477. The molecule has 3 heteroatoms. The summed E-state index contributed by atoms with van der Waals surface area (Å²) in [6.07, 6.45) is 1.62. The minimum Gasteiger partial charge on any atom is -0.469 e. The number of methoxy groups -OCH3 is 1. The molecule has 90 valence electrons. The number of benzene rings is 1. The summed E-state index contributed by atoms with van der Waals surface area (Å²) in [5.41, 5.74) is 3.01. The highest BCUT2D eigenvalue weighted by Gasteiger charge is 2.31. The van der Waals surface area contributed by atoms with Gasteiger partial charge in [0, 0.05) is 5.92 Å². The summed E-state index contributed by atoms with van der Waals surface area (Å²) in [4.78, 5) is 11.1. The molecule has 1 aliphatic rings. The van der Waals surface area contributed by atoms with Crippen molar-refractivity contribution in [2.24, 2.45) is 5.92 Å². The number of carbonyl (C=O) groups excluding carboxylic acids is 1. The summed E-state index contributed by atoms with van der Waals surface area (Å²) in [5.74, 6) is -0.236. The van der Waals surface area contributed by atoms with Crippen molar-refractivity contribution >= 4 is 11.5 Å². The summed E-state index contributed by atoms with van der Waals surface area (Å²) in [6.45, 7) is 1.97. The van der Waals surface area contributed by atoms with Crippen molar-refractivity contribution in [3.8, 4) is 0 Å². The van der Waals surface area contributed by atoms with Crippen LogP contribution < -0.4 is 0 Å². The Morgan fingerprint density at radius 3 is 2.88 bits per heavy atom. The molecule has 0 radical (unpaired) electrons. The lowest BCUT2D eigenvalue weighted by Gasteiger charge is -2.09. The molecule has 0 saturated heterocycles. The molecule has 1 aromatic carbocycles. The van der Waals surface area contributed by atoms with Crippen LogP contribution in [0.15, 0.2) is 30.3 Å². The van der Waals surface area contributed by atoms with E-state index in [1.807, 2.05) is 37.3 Å². The molecule has 3 nitrogen and oxygen atoms in total. The van der Waals surface area contributed by atoms with Crippen LogP contribution in [0.25, 0.3) is 5.57 Å². The van der Waals surface area contributed by atoms with E-state index in [4.69, 9.17) is 0 Å². The predicted molar refractivity (Wildman–Crippen MR) is 65.2 cm³/mol. The topological polar surface area (TPSA) is 46.5 Å². The minimum absolute atomic E-state index is 0.0251. The van der Waals surface area contributed by atoms with Crippen molar-refractivity contribution in [1.29, 1.82) is 0 Å². The van der Waals surface area contributed by atoms with Crippen LogP contribution in [0.4, 0.5) is 0 Å². The quantitative estimate of drug-likeness (QED) is 0.796. The van der Waals surface area contributed by atoms with Crippen LogP contribution in [0, 0.1) is 5.92 Å². The average Bonchev–Trinajstić information content (AvgIpc) is 2.60. The predicted octanol–water partition coefficient (Wildman–Crippen LogP) is 2.32. The number of rotatable bonds is 2. The Morgan fingerprint density at radius 1 is 1.47 bits per heavy atom. The number of aliphatic hydroxyl groups is 1. The Balaban J connectivity index is 2.32. The lowest BCUT2D eigenvalue weighted by Crippen LogP contribution is -2.02. The summed E-state index contributed by atoms with van der Waals surface area (Å²) in [7, 11) is 1.38. The second-order valence-electron chi connectivity index (χ2n) is 4.26. The van der Waals surface area contributed by atoms with Gasteiger partial charge in [-0.25, -0.2) is 0 Å². The highest BCUT2D eigenvalue weighted by molar-refractivity contribution is 5.79. The molecule has 1 aromatic rings. The molecule has 2 atom stereocenters. The number of aliphatic hydroxyl groups excluding tert-OH is 1. The fraction of sp³-hybridized carbons (Fsp3) is 0.357. The average molecular weight is 232 g/mol. The molecule has 17 heavy (non-hydrogen) atoms. The van der Waals surface area contributed by atoms with Gasteiger partial charge in [-0.2, -0.15) is 0 Å². The van der Waals surface area contributed by atoms with E-state index in [9.17, 15) is 9.90 Å². The molecule has 1 aliphatic carbocycles. The zero-order valence-corrected chi connectivity index (χ0v) is 10.0. The maximum absolute atomic E-state index is 11.1. The summed E-state index contributed by atoms with van der Waals surface area (Å²) < 4.78 is 4.61. The molecule has 2 rings (SSSR count). The van der Waals surface area contributed by atoms with Gasteiger partial charge in [0.2, 0.25) is 0 Å². The third kappa shape index (κ3) is 2.11. The van der Waals surface area contributed by atoms with E-state index < -0.39 is 6.10 Å². The maximum atomic E-state index is 11.1. The van der Waals surface area contributed by atoms with Crippen LogP contribution in [-0.4, -0.2) is 18.2 Å². The van der Waals surface area contributed by atoms with Gasteiger partial charge in [-0.05, 0) is 16.7 Å². The first kappa shape index (κ1) is 11.9.